The molecule has 0 aliphatic heterocycles. The van der Waals surface area contributed by atoms with E-state index >= 15 is 0 Å². The van der Waals surface area contributed by atoms with Gasteiger partial charge in [-0.25, -0.2) is 0 Å². The lowest BCUT2D eigenvalue weighted by molar-refractivity contribution is 0.0991. The molecule has 0 saturated carbocycles. The van der Waals surface area contributed by atoms with E-state index in [4.69, 9.17) is 20.8 Å². The number of nitrogens with zero attached hydrogens (tertiary/aromatic N) is 2. The van der Waals surface area contributed by atoms with Crippen molar-refractivity contribution in [3.63, 3.8) is 0 Å². The summed E-state index contributed by atoms with van der Waals surface area (Å²) in [5, 5.41) is 10.9. The summed E-state index contributed by atoms with van der Waals surface area (Å²) in [6.45, 7) is 2.49. The summed E-state index contributed by atoms with van der Waals surface area (Å²) in [5.74, 6) is 0.391. The van der Waals surface area contributed by atoms with Gasteiger partial charge in [0, 0.05) is 16.3 Å². The SMILES string of the molecule is CCOc1ccc(NC(=O)c2nnc(-c3ccc(Cl)cc3)o2)cc1. The zero-order valence-corrected chi connectivity index (χ0v) is 13.6. The van der Waals surface area contributed by atoms with Crippen molar-refractivity contribution in [2.24, 2.45) is 0 Å². The first kappa shape index (κ1) is 16.0. The molecule has 1 heterocycles. The molecule has 1 aromatic heterocycles. The summed E-state index contributed by atoms with van der Waals surface area (Å²) in [7, 11) is 0. The highest BCUT2D eigenvalue weighted by Crippen LogP contribution is 2.21. The van der Waals surface area contributed by atoms with Crippen molar-refractivity contribution in [2.45, 2.75) is 6.92 Å². The summed E-state index contributed by atoms with van der Waals surface area (Å²) in [4.78, 5) is 12.2. The first-order chi connectivity index (χ1) is 11.7. The quantitative estimate of drug-likeness (QED) is 0.756. The number of amides is 1. The lowest BCUT2D eigenvalue weighted by atomic mass is 10.2. The second-order valence-electron chi connectivity index (χ2n) is 4.83. The van der Waals surface area contributed by atoms with Crippen LogP contribution in [0.15, 0.2) is 52.9 Å². The predicted octanol–water partition coefficient (Wildman–Crippen LogP) is 4.04. The Morgan fingerprint density at radius 2 is 1.83 bits per heavy atom. The van der Waals surface area contributed by atoms with Crippen molar-refractivity contribution in [2.75, 3.05) is 11.9 Å². The number of ether oxygens (including phenoxy) is 1. The van der Waals surface area contributed by atoms with Crippen LogP contribution in [-0.4, -0.2) is 22.7 Å². The number of aromatic nitrogens is 2. The Balaban J connectivity index is 1.70. The lowest BCUT2D eigenvalue weighted by Crippen LogP contribution is -2.12. The Bertz CT molecular complexity index is 829. The fourth-order valence-electron chi connectivity index (χ4n) is 2.01. The number of nitrogens with one attached hydrogen (secondary N) is 1. The van der Waals surface area contributed by atoms with Crippen LogP contribution < -0.4 is 10.1 Å². The molecule has 122 valence electrons. The summed E-state index contributed by atoms with van der Waals surface area (Å²) >= 11 is 5.84. The molecule has 0 aliphatic rings. The van der Waals surface area contributed by atoms with Gasteiger partial charge in [0.1, 0.15) is 5.75 Å². The lowest BCUT2D eigenvalue weighted by Gasteiger charge is -2.05. The monoisotopic (exact) mass is 343 g/mol. The van der Waals surface area contributed by atoms with Crippen LogP contribution in [0, 0.1) is 0 Å². The first-order valence-corrected chi connectivity index (χ1v) is 7.67. The summed E-state index contributed by atoms with van der Waals surface area (Å²) in [6.07, 6.45) is 0. The fourth-order valence-corrected chi connectivity index (χ4v) is 2.14. The molecule has 0 spiro atoms. The molecule has 0 atom stereocenters. The van der Waals surface area contributed by atoms with Crippen LogP contribution in [-0.2, 0) is 0 Å². The molecular weight excluding hydrogens is 330 g/mol. The van der Waals surface area contributed by atoms with E-state index in [1.54, 1.807) is 48.5 Å². The minimum Gasteiger partial charge on any atom is -0.494 e. The molecule has 3 rings (SSSR count). The van der Waals surface area contributed by atoms with E-state index in [1.165, 1.54) is 0 Å². The number of rotatable bonds is 5. The molecule has 6 nitrogen and oxygen atoms in total. The molecule has 0 fully saturated rings. The maximum Gasteiger partial charge on any atom is 0.313 e. The van der Waals surface area contributed by atoms with E-state index in [0.717, 1.165) is 5.75 Å². The van der Waals surface area contributed by atoms with Crippen LogP contribution in [0.5, 0.6) is 5.75 Å². The van der Waals surface area contributed by atoms with Gasteiger partial charge in [-0.15, -0.1) is 10.2 Å². The second kappa shape index (κ2) is 7.14. The predicted molar refractivity (Wildman–Crippen MR) is 90.3 cm³/mol. The van der Waals surface area contributed by atoms with Crippen molar-refractivity contribution in [1.82, 2.24) is 10.2 Å². The van der Waals surface area contributed by atoms with Gasteiger partial charge in [-0.2, -0.15) is 0 Å². The van der Waals surface area contributed by atoms with E-state index in [0.29, 0.717) is 22.9 Å². The van der Waals surface area contributed by atoms with Gasteiger partial charge in [0.2, 0.25) is 5.89 Å². The maximum atomic E-state index is 12.2. The molecule has 0 aliphatic carbocycles. The minimum atomic E-state index is -0.480. The molecule has 0 radical (unpaired) electrons. The van der Waals surface area contributed by atoms with Crippen molar-refractivity contribution in [3.05, 3.63) is 59.4 Å². The standard InChI is InChI=1S/C17H14ClN3O3/c1-2-23-14-9-7-13(8-10-14)19-15(22)17-21-20-16(24-17)11-3-5-12(18)6-4-11/h3-10H,2H2,1H3,(H,19,22). The smallest absolute Gasteiger partial charge is 0.313 e. The third kappa shape index (κ3) is 3.72. The van der Waals surface area contributed by atoms with Crippen LogP contribution >= 0.6 is 11.6 Å². The Morgan fingerprint density at radius 1 is 1.12 bits per heavy atom. The number of benzene rings is 2. The largest absolute Gasteiger partial charge is 0.494 e. The van der Waals surface area contributed by atoms with E-state index in [2.05, 4.69) is 15.5 Å². The Hall–Kier alpha value is -2.86. The molecule has 3 aromatic rings. The fraction of sp³-hybridized carbons (Fsp3) is 0.118. The summed E-state index contributed by atoms with van der Waals surface area (Å²) < 4.78 is 10.8. The molecule has 0 bridgehead atoms. The van der Waals surface area contributed by atoms with Gasteiger partial charge in [-0.3, -0.25) is 4.79 Å². The van der Waals surface area contributed by atoms with Gasteiger partial charge in [-0.1, -0.05) is 11.6 Å². The number of hydrogen-bond acceptors (Lipinski definition) is 5. The minimum absolute atomic E-state index is 0.117. The molecule has 7 heteroatoms. The van der Waals surface area contributed by atoms with E-state index in [9.17, 15) is 4.79 Å². The van der Waals surface area contributed by atoms with Crippen LogP contribution in [0.1, 0.15) is 17.6 Å². The van der Waals surface area contributed by atoms with Crippen LogP contribution in [0.3, 0.4) is 0 Å². The normalized spacial score (nSPS) is 10.4. The molecule has 0 saturated heterocycles. The van der Waals surface area contributed by atoms with Gasteiger partial charge in [0.25, 0.3) is 0 Å². The highest BCUT2D eigenvalue weighted by atomic mass is 35.5. The first-order valence-electron chi connectivity index (χ1n) is 7.29. The average molecular weight is 344 g/mol. The highest BCUT2D eigenvalue weighted by molar-refractivity contribution is 6.30. The van der Waals surface area contributed by atoms with Crippen LogP contribution in [0.2, 0.25) is 5.02 Å². The third-order valence-electron chi connectivity index (χ3n) is 3.13. The van der Waals surface area contributed by atoms with Crippen molar-refractivity contribution < 1.29 is 13.9 Å². The summed E-state index contributed by atoms with van der Waals surface area (Å²) in [6, 6.07) is 13.9. The molecule has 1 amide bonds. The van der Waals surface area contributed by atoms with Crippen LogP contribution in [0.25, 0.3) is 11.5 Å². The molecule has 1 N–H and O–H groups in total. The number of anilines is 1. The van der Waals surface area contributed by atoms with Gasteiger partial charge in [0.15, 0.2) is 0 Å². The van der Waals surface area contributed by atoms with E-state index in [1.807, 2.05) is 6.92 Å². The average Bonchev–Trinajstić information content (AvgIpc) is 3.08. The number of carbonyl (C=O) groups is 1. The molecule has 24 heavy (non-hydrogen) atoms. The Labute approximate surface area is 143 Å². The number of carbonyl (C=O) groups excluding carboxylic acids is 1. The van der Waals surface area contributed by atoms with Crippen molar-refractivity contribution >= 4 is 23.2 Å². The summed E-state index contributed by atoms with van der Waals surface area (Å²) in [5.41, 5.74) is 1.29. The Morgan fingerprint density at radius 3 is 2.50 bits per heavy atom. The number of hydrogen-bond donors (Lipinski definition) is 1. The zero-order valence-electron chi connectivity index (χ0n) is 12.8. The second-order valence-corrected chi connectivity index (χ2v) is 5.27. The van der Waals surface area contributed by atoms with Crippen molar-refractivity contribution in [1.29, 1.82) is 0 Å². The van der Waals surface area contributed by atoms with Gasteiger partial charge < -0.3 is 14.5 Å². The van der Waals surface area contributed by atoms with Gasteiger partial charge in [-0.05, 0) is 55.5 Å². The molecular formula is C17H14ClN3O3. The topological polar surface area (TPSA) is 77.2 Å². The molecule has 2 aromatic carbocycles. The zero-order chi connectivity index (χ0) is 16.9. The van der Waals surface area contributed by atoms with Crippen molar-refractivity contribution in [3.8, 4) is 17.2 Å². The molecule has 0 unspecified atom stereocenters. The maximum absolute atomic E-state index is 12.2. The Kier molecular flexibility index (Phi) is 4.77. The third-order valence-corrected chi connectivity index (χ3v) is 3.39. The number of halogens is 1. The van der Waals surface area contributed by atoms with Gasteiger partial charge >= 0.3 is 11.8 Å². The van der Waals surface area contributed by atoms with Gasteiger partial charge in [0.05, 0.1) is 6.61 Å². The van der Waals surface area contributed by atoms with E-state index in [-0.39, 0.29) is 11.8 Å². The van der Waals surface area contributed by atoms with E-state index < -0.39 is 5.91 Å². The van der Waals surface area contributed by atoms with Crippen LogP contribution in [0.4, 0.5) is 5.69 Å². The highest BCUT2D eigenvalue weighted by Gasteiger charge is 2.16.